The summed E-state index contributed by atoms with van der Waals surface area (Å²) < 4.78 is 18.5. The predicted octanol–water partition coefficient (Wildman–Crippen LogP) is 1.94. The first-order chi connectivity index (χ1) is 10.2. The fourth-order valence-electron chi connectivity index (χ4n) is 2.65. The van der Waals surface area contributed by atoms with Crippen LogP contribution in [-0.2, 0) is 0 Å². The number of benzene rings is 1. The second kappa shape index (κ2) is 5.65. The van der Waals surface area contributed by atoms with Gasteiger partial charge in [0, 0.05) is 18.8 Å². The number of hydrogen-bond acceptors (Lipinski definition) is 5. The first-order valence-electron chi connectivity index (χ1n) is 6.74. The fourth-order valence-corrected chi connectivity index (χ4v) is 2.65. The second-order valence-electron chi connectivity index (χ2n) is 5.01. The number of hydrogen-bond donors (Lipinski definition) is 1. The van der Waals surface area contributed by atoms with Crippen LogP contribution in [0.2, 0.25) is 0 Å². The summed E-state index contributed by atoms with van der Waals surface area (Å²) in [5.41, 5.74) is 0.804. The zero-order chi connectivity index (χ0) is 14.8. The van der Waals surface area contributed by atoms with E-state index in [-0.39, 0.29) is 11.9 Å². The van der Waals surface area contributed by atoms with Gasteiger partial charge in [0.25, 0.3) is 0 Å². The van der Waals surface area contributed by atoms with Crippen molar-refractivity contribution in [1.82, 2.24) is 9.97 Å². The summed E-state index contributed by atoms with van der Waals surface area (Å²) in [4.78, 5) is 10.4. The number of anilines is 1. The summed E-state index contributed by atoms with van der Waals surface area (Å²) in [7, 11) is 1.54. The van der Waals surface area contributed by atoms with Crippen LogP contribution in [-0.4, -0.2) is 34.8 Å². The van der Waals surface area contributed by atoms with Gasteiger partial charge < -0.3 is 14.7 Å². The molecule has 0 unspecified atom stereocenters. The molecule has 0 saturated carbocycles. The molecule has 110 valence electrons. The lowest BCUT2D eigenvalue weighted by Gasteiger charge is -2.24. The average Bonchev–Trinajstić information content (AvgIpc) is 2.89. The third-order valence-electron chi connectivity index (χ3n) is 3.60. The number of ether oxygens (including phenoxy) is 1. The standard InChI is InChI=1S/C15H16FN3O2/c1-21-14-5-6-17-15(18-14)19-9-12(20)8-13(19)10-3-2-4-11(16)7-10/h2-7,12-13,20H,8-9H2,1H3/t12-,13+/m0/s1. The largest absolute Gasteiger partial charge is 0.481 e. The van der Waals surface area contributed by atoms with Crippen molar-refractivity contribution in [2.75, 3.05) is 18.6 Å². The second-order valence-corrected chi connectivity index (χ2v) is 5.01. The van der Waals surface area contributed by atoms with Crippen molar-refractivity contribution in [1.29, 1.82) is 0 Å². The highest BCUT2D eigenvalue weighted by Crippen LogP contribution is 2.35. The van der Waals surface area contributed by atoms with E-state index in [2.05, 4.69) is 9.97 Å². The Labute approximate surface area is 122 Å². The maximum Gasteiger partial charge on any atom is 0.229 e. The Balaban J connectivity index is 1.95. The van der Waals surface area contributed by atoms with E-state index in [0.29, 0.717) is 24.8 Å². The molecule has 1 aliphatic heterocycles. The molecular weight excluding hydrogens is 273 g/mol. The number of aromatic nitrogens is 2. The summed E-state index contributed by atoms with van der Waals surface area (Å²) in [6.07, 6.45) is 1.63. The van der Waals surface area contributed by atoms with Crippen LogP contribution >= 0.6 is 0 Å². The van der Waals surface area contributed by atoms with E-state index in [9.17, 15) is 9.50 Å². The lowest BCUT2D eigenvalue weighted by atomic mass is 10.0. The number of methoxy groups -OCH3 is 1. The maximum absolute atomic E-state index is 13.4. The van der Waals surface area contributed by atoms with Crippen molar-refractivity contribution in [2.45, 2.75) is 18.6 Å². The van der Waals surface area contributed by atoms with Crippen LogP contribution in [0.4, 0.5) is 10.3 Å². The molecule has 3 rings (SSSR count). The molecule has 2 atom stereocenters. The van der Waals surface area contributed by atoms with Crippen molar-refractivity contribution in [2.24, 2.45) is 0 Å². The lowest BCUT2D eigenvalue weighted by Crippen LogP contribution is -2.26. The highest BCUT2D eigenvalue weighted by molar-refractivity contribution is 5.40. The number of halogens is 1. The van der Waals surface area contributed by atoms with Crippen LogP contribution in [0.1, 0.15) is 18.0 Å². The Morgan fingerprint density at radius 1 is 1.38 bits per heavy atom. The van der Waals surface area contributed by atoms with Crippen LogP contribution in [0.3, 0.4) is 0 Å². The third-order valence-corrected chi connectivity index (χ3v) is 3.60. The van der Waals surface area contributed by atoms with Crippen LogP contribution < -0.4 is 9.64 Å². The Bertz CT molecular complexity index is 638. The summed E-state index contributed by atoms with van der Waals surface area (Å²) in [6.45, 7) is 0.411. The maximum atomic E-state index is 13.4. The zero-order valence-electron chi connectivity index (χ0n) is 11.6. The van der Waals surface area contributed by atoms with Gasteiger partial charge in [0.1, 0.15) is 5.82 Å². The number of rotatable bonds is 3. The molecule has 1 fully saturated rings. The SMILES string of the molecule is COc1ccnc(N2C[C@@H](O)C[C@@H]2c2cccc(F)c2)n1. The van der Waals surface area contributed by atoms with Gasteiger partial charge in [-0.2, -0.15) is 4.98 Å². The molecular formula is C15H16FN3O2. The summed E-state index contributed by atoms with van der Waals surface area (Å²) in [5.74, 6) is 0.639. The van der Waals surface area contributed by atoms with Gasteiger partial charge in [0.2, 0.25) is 11.8 Å². The van der Waals surface area contributed by atoms with Crippen LogP contribution in [0.5, 0.6) is 5.88 Å². The highest BCUT2D eigenvalue weighted by Gasteiger charge is 2.34. The van der Waals surface area contributed by atoms with Gasteiger partial charge in [0.15, 0.2) is 0 Å². The quantitative estimate of drug-likeness (QED) is 0.935. The minimum absolute atomic E-state index is 0.150. The van der Waals surface area contributed by atoms with E-state index >= 15 is 0 Å². The first kappa shape index (κ1) is 13.8. The molecule has 2 heterocycles. The van der Waals surface area contributed by atoms with Crippen LogP contribution in [0, 0.1) is 5.82 Å². The molecule has 0 spiro atoms. The molecule has 2 aromatic rings. The Morgan fingerprint density at radius 3 is 3.00 bits per heavy atom. The minimum Gasteiger partial charge on any atom is -0.481 e. The highest BCUT2D eigenvalue weighted by atomic mass is 19.1. The Morgan fingerprint density at radius 2 is 2.24 bits per heavy atom. The molecule has 1 aliphatic rings. The Kier molecular flexibility index (Phi) is 3.70. The molecule has 0 radical (unpaired) electrons. The number of nitrogens with zero attached hydrogens (tertiary/aromatic N) is 3. The first-order valence-corrected chi connectivity index (χ1v) is 6.74. The monoisotopic (exact) mass is 289 g/mol. The normalized spacial score (nSPS) is 21.6. The topological polar surface area (TPSA) is 58.5 Å². The third kappa shape index (κ3) is 2.80. The predicted molar refractivity (Wildman–Crippen MR) is 75.7 cm³/mol. The van der Waals surface area contributed by atoms with E-state index in [0.717, 1.165) is 5.56 Å². The number of aliphatic hydroxyl groups excluding tert-OH is 1. The molecule has 6 heteroatoms. The van der Waals surface area contributed by atoms with E-state index in [1.807, 2.05) is 11.0 Å². The minimum atomic E-state index is -0.493. The molecule has 1 aromatic heterocycles. The van der Waals surface area contributed by atoms with Crippen molar-refractivity contribution < 1.29 is 14.2 Å². The van der Waals surface area contributed by atoms with Gasteiger partial charge in [-0.1, -0.05) is 12.1 Å². The molecule has 1 saturated heterocycles. The lowest BCUT2D eigenvalue weighted by molar-refractivity contribution is 0.194. The van der Waals surface area contributed by atoms with Crippen LogP contribution in [0.25, 0.3) is 0 Å². The number of aliphatic hydroxyl groups is 1. The summed E-state index contributed by atoms with van der Waals surface area (Å²) in [6, 6.07) is 7.91. The Hall–Kier alpha value is -2.21. The molecule has 5 nitrogen and oxygen atoms in total. The average molecular weight is 289 g/mol. The van der Waals surface area contributed by atoms with Crippen molar-refractivity contribution in [3.63, 3.8) is 0 Å². The van der Waals surface area contributed by atoms with E-state index in [1.54, 1.807) is 18.3 Å². The van der Waals surface area contributed by atoms with Crippen molar-refractivity contribution in [3.05, 3.63) is 47.9 Å². The summed E-state index contributed by atoms with van der Waals surface area (Å²) >= 11 is 0. The van der Waals surface area contributed by atoms with Gasteiger partial charge in [-0.05, 0) is 24.1 Å². The van der Waals surface area contributed by atoms with Gasteiger partial charge in [0.05, 0.1) is 19.3 Å². The molecule has 1 N–H and O–H groups in total. The molecule has 21 heavy (non-hydrogen) atoms. The van der Waals surface area contributed by atoms with Gasteiger partial charge >= 0.3 is 0 Å². The van der Waals surface area contributed by atoms with Gasteiger partial charge in [-0.15, -0.1) is 0 Å². The zero-order valence-corrected chi connectivity index (χ0v) is 11.6. The molecule has 0 amide bonds. The molecule has 0 aliphatic carbocycles. The van der Waals surface area contributed by atoms with Crippen molar-refractivity contribution >= 4 is 5.95 Å². The summed E-state index contributed by atoms with van der Waals surface area (Å²) in [5, 5.41) is 9.97. The van der Waals surface area contributed by atoms with Gasteiger partial charge in [-0.25, -0.2) is 9.37 Å². The van der Waals surface area contributed by atoms with Gasteiger partial charge in [-0.3, -0.25) is 0 Å². The smallest absolute Gasteiger partial charge is 0.229 e. The van der Waals surface area contributed by atoms with Crippen molar-refractivity contribution in [3.8, 4) is 5.88 Å². The number of β-amino-alcohol motifs (C(OH)–C–C–N with tert-alkyl or cyclic N) is 1. The van der Waals surface area contributed by atoms with E-state index < -0.39 is 6.10 Å². The molecule has 0 bridgehead atoms. The van der Waals surface area contributed by atoms with Crippen LogP contribution in [0.15, 0.2) is 36.5 Å². The molecule has 1 aromatic carbocycles. The van der Waals surface area contributed by atoms with E-state index in [1.165, 1.54) is 19.2 Å². The fraction of sp³-hybridized carbons (Fsp3) is 0.333. The van der Waals surface area contributed by atoms with E-state index in [4.69, 9.17) is 4.74 Å².